The monoisotopic (exact) mass is 449 g/mol. The molecule has 2 aromatic rings. The second-order valence-electron chi connectivity index (χ2n) is 9.57. The maximum Gasteiger partial charge on any atom is 0.348 e. The van der Waals surface area contributed by atoms with Crippen LogP contribution in [-0.2, 0) is 32.8 Å². The van der Waals surface area contributed by atoms with Crippen LogP contribution in [0, 0.1) is 11.8 Å². The van der Waals surface area contributed by atoms with E-state index in [1.807, 2.05) is 36.4 Å². The Morgan fingerprint density at radius 2 is 2.00 bits per heavy atom. The Balaban J connectivity index is 1.69. The number of nitrogens with zero attached hydrogens (tertiary/aromatic N) is 1. The molecule has 1 saturated carbocycles. The highest BCUT2D eigenvalue weighted by atomic mass is 16.6. The first kappa shape index (κ1) is 22.0. The van der Waals surface area contributed by atoms with Crippen LogP contribution in [0.5, 0.6) is 5.75 Å². The summed E-state index contributed by atoms with van der Waals surface area (Å²) >= 11 is 0. The molecule has 1 saturated heterocycles. The van der Waals surface area contributed by atoms with Gasteiger partial charge in [-0.05, 0) is 66.8 Å². The third-order valence-electron chi connectivity index (χ3n) is 7.97. The number of amides is 1. The Bertz CT molecular complexity index is 1070. The van der Waals surface area contributed by atoms with Gasteiger partial charge in [-0.1, -0.05) is 42.8 Å². The second-order valence-corrected chi connectivity index (χ2v) is 9.57. The lowest BCUT2D eigenvalue weighted by atomic mass is 9.52. The van der Waals surface area contributed by atoms with Crippen LogP contribution in [0.15, 0.2) is 48.5 Å². The molecule has 0 aromatic heterocycles. The van der Waals surface area contributed by atoms with Gasteiger partial charge in [-0.2, -0.15) is 0 Å². The number of carbonyl (C=O) groups is 2. The summed E-state index contributed by atoms with van der Waals surface area (Å²) in [5, 5.41) is 11.5. The van der Waals surface area contributed by atoms with Crippen LogP contribution in [0.3, 0.4) is 0 Å². The van der Waals surface area contributed by atoms with Gasteiger partial charge in [0.05, 0.1) is 19.3 Å². The van der Waals surface area contributed by atoms with E-state index in [9.17, 15) is 14.7 Å². The number of esters is 1. The first-order chi connectivity index (χ1) is 15.9. The van der Waals surface area contributed by atoms with Crippen molar-refractivity contribution < 1.29 is 24.2 Å². The standard InChI is InChI=1S/C27H31NO5/c1-3-33-25(30)27(31)16-23-19-10-7-13-26(23,22-12-11-21(32-2)15-20(22)14-19)28(24(27)29)17-18-8-5-4-6-9-18/h4-6,8-9,11-12,15,19,23,31H,3,7,10,13-14,16-17H2,1-2H3/t19?,23-,26?,27?/m1/s1. The van der Waals surface area contributed by atoms with Crippen LogP contribution in [0.25, 0.3) is 0 Å². The van der Waals surface area contributed by atoms with Crippen molar-refractivity contribution in [2.45, 2.75) is 56.7 Å². The van der Waals surface area contributed by atoms with E-state index in [2.05, 4.69) is 12.1 Å². The van der Waals surface area contributed by atoms with Gasteiger partial charge in [0.1, 0.15) is 5.75 Å². The number of fused-ring (bicyclic) bond motifs is 1. The van der Waals surface area contributed by atoms with Crippen molar-refractivity contribution in [1.29, 1.82) is 0 Å². The summed E-state index contributed by atoms with van der Waals surface area (Å²) in [5.41, 5.74) is 0.574. The van der Waals surface area contributed by atoms with Crippen molar-refractivity contribution in [3.05, 3.63) is 65.2 Å². The molecule has 3 aliphatic rings. The minimum Gasteiger partial charge on any atom is -0.497 e. The van der Waals surface area contributed by atoms with Crippen LogP contribution >= 0.6 is 0 Å². The SMILES string of the molecule is CCOC(=O)C1(O)C[C@@H]2C3CCCC2(c2ccc(OC)cc2C3)N(Cc2ccccc2)C1=O. The van der Waals surface area contributed by atoms with E-state index in [1.54, 1.807) is 18.9 Å². The molecule has 0 spiro atoms. The van der Waals surface area contributed by atoms with E-state index in [1.165, 1.54) is 5.56 Å². The molecule has 174 valence electrons. The highest BCUT2D eigenvalue weighted by Crippen LogP contribution is 2.60. The summed E-state index contributed by atoms with van der Waals surface area (Å²) < 4.78 is 10.7. The Labute approximate surface area is 194 Å². The Morgan fingerprint density at radius 3 is 2.73 bits per heavy atom. The molecule has 5 rings (SSSR count). The van der Waals surface area contributed by atoms with Crippen molar-refractivity contribution in [2.24, 2.45) is 11.8 Å². The van der Waals surface area contributed by atoms with Crippen molar-refractivity contribution >= 4 is 11.9 Å². The number of hydrogen-bond donors (Lipinski definition) is 1. The van der Waals surface area contributed by atoms with Gasteiger partial charge in [0.2, 0.25) is 5.60 Å². The van der Waals surface area contributed by atoms with E-state index in [-0.39, 0.29) is 24.9 Å². The molecule has 1 heterocycles. The minimum absolute atomic E-state index is 0.0250. The van der Waals surface area contributed by atoms with Gasteiger partial charge < -0.3 is 19.5 Å². The highest BCUT2D eigenvalue weighted by Gasteiger charge is 2.66. The number of likely N-dealkylation sites (tertiary alicyclic amines) is 1. The van der Waals surface area contributed by atoms with Crippen molar-refractivity contribution in [3.63, 3.8) is 0 Å². The van der Waals surface area contributed by atoms with E-state index in [0.29, 0.717) is 6.54 Å². The third-order valence-corrected chi connectivity index (χ3v) is 7.97. The van der Waals surface area contributed by atoms with Crippen molar-refractivity contribution in [3.8, 4) is 5.75 Å². The summed E-state index contributed by atoms with van der Waals surface area (Å²) in [6, 6.07) is 15.9. The van der Waals surface area contributed by atoms with E-state index in [4.69, 9.17) is 9.47 Å². The third kappa shape index (κ3) is 3.26. The predicted octanol–water partition coefficient (Wildman–Crippen LogP) is 3.59. The molecular formula is C27H31NO5. The second kappa shape index (κ2) is 8.17. The number of methoxy groups -OCH3 is 1. The average molecular weight is 450 g/mol. The number of rotatable bonds is 5. The van der Waals surface area contributed by atoms with Gasteiger partial charge in [-0.3, -0.25) is 4.79 Å². The molecule has 3 unspecified atom stereocenters. The Morgan fingerprint density at radius 1 is 1.21 bits per heavy atom. The molecule has 33 heavy (non-hydrogen) atoms. The molecule has 1 amide bonds. The van der Waals surface area contributed by atoms with Crippen molar-refractivity contribution in [1.82, 2.24) is 4.90 Å². The van der Waals surface area contributed by atoms with Gasteiger partial charge in [-0.15, -0.1) is 0 Å². The normalized spacial score (nSPS) is 30.3. The number of piperidine rings is 1. The summed E-state index contributed by atoms with van der Waals surface area (Å²) in [6.45, 7) is 2.14. The number of ether oxygens (including phenoxy) is 2. The van der Waals surface area contributed by atoms with Crippen LogP contribution in [-0.4, -0.2) is 41.2 Å². The molecular weight excluding hydrogens is 418 g/mol. The first-order valence-electron chi connectivity index (χ1n) is 11.9. The largest absolute Gasteiger partial charge is 0.497 e. The molecule has 0 radical (unpaired) electrons. The smallest absolute Gasteiger partial charge is 0.348 e. The fourth-order valence-electron chi connectivity index (χ4n) is 6.59. The molecule has 1 N–H and O–H groups in total. The molecule has 2 aliphatic carbocycles. The Kier molecular flexibility index (Phi) is 5.44. The molecule has 2 fully saturated rings. The van der Waals surface area contributed by atoms with E-state index >= 15 is 0 Å². The molecule has 2 bridgehead atoms. The van der Waals surface area contributed by atoms with Crippen LogP contribution in [0.1, 0.15) is 49.3 Å². The zero-order valence-corrected chi connectivity index (χ0v) is 19.3. The number of aliphatic hydroxyl groups is 1. The van der Waals surface area contributed by atoms with Gasteiger partial charge in [0, 0.05) is 13.0 Å². The summed E-state index contributed by atoms with van der Waals surface area (Å²) in [7, 11) is 1.66. The first-order valence-corrected chi connectivity index (χ1v) is 11.9. The van der Waals surface area contributed by atoms with Crippen LogP contribution < -0.4 is 4.74 Å². The topological polar surface area (TPSA) is 76.1 Å². The maximum absolute atomic E-state index is 14.0. The van der Waals surface area contributed by atoms with Gasteiger partial charge in [0.25, 0.3) is 5.91 Å². The zero-order chi connectivity index (χ0) is 23.2. The van der Waals surface area contributed by atoms with Gasteiger partial charge >= 0.3 is 5.97 Å². The molecule has 4 atom stereocenters. The van der Waals surface area contributed by atoms with Crippen molar-refractivity contribution in [2.75, 3.05) is 13.7 Å². The molecule has 1 aliphatic heterocycles. The quantitative estimate of drug-likeness (QED) is 0.558. The highest BCUT2D eigenvalue weighted by molar-refractivity contribution is 6.07. The van der Waals surface area contributed by atoms with Gasteiger partial charge in [-0.25, -0.2) is 4.79 Å². The fraction of sp³-hybridized carbons (Fsp3) is 0.481. The summed E-state index contributed by atoms with van der Waals surface area (Å²) in [6.07, 6.45) is 3.78. The van der Waals surface area contributed by atoms with Gasteiger partial charge in [0.15, 0.2) is 0 Å². The fourth-order valence-corrected chi connectivity index (χ4v) is 6.59. The summed E-state index contributed by atoms with van der Waals surface area (Å²) in [4.78, 5) is 28.7. The number of hydrogen-bond acceptors (Lipinski definition) is 5. The average Bonchev–Trinajstić information content (AvgIpc) is 2.82. The lowest BCUT2D eigenvalue weighted by molar-refractivity contribution is -0.203. The molecule has 6 nitrogen and oxygen atoms in total. The Hall–Kier alpha value is -2.86. The number of carbonyl (C=O) groups excluding carboxylic acids is 2. The van der Waals surface area contributed by atoms with Crippen LogP contribution in [0.4, 0.5) is 0 Å². The predicted molar refractivity (Wildman–Crippen MR) is 122 cm³/mol. The lowest BCUT2D eigenvalue weighted by Crippen LogP contribution is -2.71. The van der Waals surface area contributed by atoms with Crippen LogP contribution in [0.2, 0.25) is 0 Å². The minimum atomic E-state index is -2.15. The molecule has 6 heteroatoms. The maximum atomic E-state index is 14.0. The number of benzene rings is 2. The lowest BCUT2D eigenvalue weighted by Gasteiger charge is -2.62. The van der Waals surface area contributed by atoms with E-state index in [0.717, 1.165) is 42.6 Å². The summed E-state index contributed by atoms with van der Waals surface area (Å²) in [5.74, 6) is -0.332. The zero-order valence-electron chi connectivity index (χ0n) is 19.3. The van der Waals surface area contributed by atoms with E-state index < -0.39 is 23.0 Å². The molecule has 2 aromatic carbocycles.